The Balaban J connectivity index is 0.00000204. The lowest BCUT2D eigenvalue weighted by atomic mass is 10.0. The van der Waals surface area contributed by atoms with Crippen molar-refractivity contribution >= 4 is 17.5 Å². The summed E-state index contributed by atoms with van der Waals surface area (Å²) in [6.45, 7) is 11.6. The molecule has 1 aliphatic heterocycles. The maximum absolute atomic E-state index is 11.9. The van der Waals surface area contributed by atoms with Crippen LogP contribution < -0.4 is 15.1 Å². The minimum Gasteiger partial charge on any atom is -0.444 e. The summed E-state index contributed by atoms with van der Waals surface area (Å²) >= 11 is 0. The van der Waals surface area contributed by atoms with Crippen molar-refractivity contribution in [3.63, 3.8) is 0 Å². The van der Waals surface area contributed by atoms with E-state index < -0.39 is 5.60 Å². The van der Waals surface area contributed by atoms with E-state index in [1.165, 1.54) is 4.90 Å². The van der Waals surface area contributed by atoms with E-state index in [2.05, 4.69) is 22.5 Å². The molecule has 0 bridgehead atoms. The number of rotatable bonds is 5. The molecule has 0 aromatic heterocycles. The largest absolute Gasteiger partial charge is 0.444 e. The third kappa shape index (κ3) is 8.31. The number of hydrogen-bond donors (Lipinski definition) is 1. The monoisotopic (exact) mass is 399 g/mol. The second-order valence-corrected chi connectivity index (χ2v) is 7.58. The summed E-state index contributed by atoms with van der Waals surface area (Å²) in [7, 11) is 0. The van der Waals surface area contributed by atoms with Crippen molar-refractivity contribution in [1.82, 2.24) is 5.32 Å². The molecule has 29 heavy (non-hydrogen) atoms. The molecule has 158 valence electrons. The van der Waals surface area contributed by atoms with Gasteiger partial charge in [-0.15, -0.1) is 0 Å². The standard InChI is InChI=1S/C20H27N5O2.C2H6/c1-20(2,3)27-19(26)23-16-9-13-24(14-10-16)17-5-7-18(8-6-17)25(15-22)12-4-11-21;1-2/h5-8,16H,4,9-10,12-14H2,1-3H3,(H,23,26);1-2H3. The number of anilines is 2. The lowest BCUT2D eigenvalue weighted by Gasteiger charge is -2.34. The Labute approximate surface area is 174 Å². The quantitative estimate of drug-likeness (QED) is 0.582. The summed E-state index contributed by atoms with van der Waals surface area (Å²) in [6.07, 6.45) is 3.77. The second-order valence-electron chi connectivity index (χ2n) is 7.58. The van der Waals surface area contributed by atoms with Gasteiger partial charge in [0.1, 0.15) is 5.60 Å². The molecular formula is C22H33N5O2. The Morgan fingerprint density at radius 3 is 2.28 bits per heavy atom. The molecule has 1 aromatic rings. The Kier molecular flexibility index (Phi) is 9.82. The molecule has 1 N–H and O–H groups in total. The van der Waals surface area contributed by atoms with Crippen LogP contribution in [0.25, 0.3) is 0 Å². The Morgan fingerprint density at radius 1 is 1.21 bits per heavy atom. The van der Waals surface area contributed by atoms with Crippen LogP contribution in [0.1, 0.15) is 53.9 Å². The lowest BCUT2D eigenvalue weighted by molar-refractivity contribution is 0.0497. The zero-order valence-corrected chi connectivity index (χ0v) is 18.2. The van der Waals surface area contributed by atoms with E-state index in [0.717, 1.165) is 37.3 Å². The third-order valence-electron chi connectivity index (χ3n) is 4.31. The highest BCUT2D eigenvalue weighted by atomic mass is 16.6. The molecule has 0 saturated carbocycles. The smallest absolute Gasteiger partial charge is 0.407 e. The zero-order chi connectivity index (χ0) is 21.9. The van der Waals surface area contributed by atoms with Crippen LogP contribution in [0.5, 0.6) is 0 Å². The summed E-state index contributed by atoms with van der Waals surface area (Å²) in [5.41, 5.74) is 1.39. The van der Waals surface area contributed by atoms with Gasteiger partial charge in [0.05, 0.1) is 18.2 Å². The van der Waals surface area contributed by atoms with Crippen molar-refractivity contribution in [3.8, 4) is 12.3 Å². The van der Waals surface area contributed by atoms with Gasteiger partial charge in [0.25, 0.3) is 0 Å². The van der Waals surface area contributed by atoms with Gasteiger partial charge in [-0.25, -0.2) is 4.79 Å². The van der Waals surface area contributed by atoms with Crippen LogP contribution in [0.15, 0.2) is 24.3 Å². The van der Waals surface area contributed by atoms with Crippen LogP contribution in [0.2, 0.25) is 0 Å². The number of alkyl carbamates (subject to hydrolysis) is 1. The first kappa shape index (κ1) is 24.1. The Hall–Kier alpha value is -2.93. The molecule has 1 aliphatic rings. The molecule has 7 nitrogen and oxygen atoms in total. The number of nitrogens with zero attached hydrogens (tertiary/aromatic N) is 4. The van der Waals surface area contributed by atoms with Gasteiger partial charge in [-0.3, -0.25) is 4.90 Å². The first-order valence-electron chi connectivity index (χ1n) is 10.2. The number of ether oxygens (including phenoxy) is 1. The fraction of sp³-hybridized carbons (Fsp3) is 0.591. The molecule has 2 rings (SSSR count). The van der Waals surface area contributed by atoms with Crippen molar-refractivity contribution in [2.24, 2.45) is 0 Å². The van der Waals surface area contributed by atoms with Crippen molar-refractivity contribution < 1.29 is 9.53 Å². The molecule has 1 heterocycles. The van der Waals surface area contributed by atoms with Crippen molar-refractivity contribution in [2.75, 3.05) is 29.4 Å². The molecule has 0 aliphatic carbocycles. The fourth-order valence-corrected chi connectivity index (χ4v) is 3.00. The Morgan fingerprint density at radius 2 is 1.79 bits per heavy atom. The topological polar surface area (TPSA) is 92.4 Å². The average Bonchev–Trinajstić information content (AvgIpc) is 2.70. The fourth-order valence-electron chi connectivity index (χ4n) is 3.00. The van der Waals surface area contributed by atoms with Crippen molar-refractivity contribution in [1.29, 1.82) is 10.5 Å². The van der Waals surface area contributed by atoms with Gasteiger partial charge in [0, 0.05) is 31.4 Å². The van der Waals surface area contributed by atoms with E-state index >= 15 is 0 Å². The Bertz CT molecular complexity index is 705. The second kappa shape index (κ2) is 11.8. The van der Waals surface area contributed by atoms with E-state index in [0.29, 0.717) is 13.0 Å². The normalized spacial score (nSPS) is 14.0. The molecule has 0 atom stereocenters. The zero-order valence-electron chi connectivity index (χ0n) is 18.2. The van der Waals surface area contributed by atoms with Gasteiger partial charge >= 0.3 is 6.09 Å². The highest BCUT2D eigenvalue weighted by Gasteiger charge is 2.23. The van der Waals surface area contributed by atoms with Crippen LogP contribution in [-0.2, 0) is 4.74 Å². The van der Waals surface area contributed by atoms with Crippen molar-refractivity contribution in [3.05, 3.63) is 24.3 Å². The van der Waals surface area contributed by atoms with E-state index in [1.54, 1.807) is 0 Å². The predicted molar refractivity (Wildman–Crippen MR) is 116 cm³/mol. The third-order valence-corrected chi connectivity index (χ3v) is 4.31. The van der Waals surface area contributed by atoms with E-state index in [-0.39, 0.29) is 12.1 Å². The summed E-state index contributed by atoms with van der Waals surface area (Å²) in [5, 5.41) is 20.8. The molecule has 1 amide bonds. The number of hydrogen-bond acceptors (Lipinski definition) is 6. The SMILES string of the molecule is CC.CC(C)(C)OC(=O)NC1CCN(c2ccc(N(C#N)CCC#N)cc2)CC1. The van der Waals surface area contributed by atoms with Crippen LogP contribution >= 0.6 is 0 Å². The van der Waals surface area contributed by atoms with Gasteiger partial charge in [-0.1, -0.05) is 13.8 Å². The number of amides is 1. The summed E-state index contributed by atoms with van der Waals surface area (Å²) in [5.74, 6) is 0. The van der Waals surface area contributed by atoms with Crippen molar-refractivity contribution in [2.45, 2.75) is 65.5 Å². The van der Waals surface area contributed by atoms with E-state index in [9.17, 15) is 10.1 Å². The van der Waals surface area contributed by atoms with Gasteiger partial charge in [-0.05, 0) is 57.9 Å². The van der Waals surface area contributed by atoms with Crippen LogP contribution in [0.4, 0.5) is 16.2 Å². The minimum atomic E-state index is -0.489. The number of nitriles is 2. The van der Waals surface area contributed by atoms with Gasteiger partial charge in [0.15, 0.2) is 6.19 Å². The number of piperidine rings is 1. The average molecular weight is 400 g/mol. The minimum absolute atomic E-state index is 0.121. The molecule has 0 radical (unpaired) electrons. The number of nitrogens with one attached hydrogen (secondary N) is 1. The lowest BCUT2D eigenvalue weighted by Crippen LogP contribution is -2.46. The molecule has 1 aromatic carbocycles. The number of benzene rings is 1. The molecule has 1 saturated heterocycles. The van der Waals surface area contributed by atoms with Crippen LogP contribution in [0.3, 0.4) is 0 Å². The number of carbonyl (C=O) groups is 1. The molecule has 0 unspecified atom stereocenters. The molecule has 7 heteroatoms. The molecule has 1 fully saturated rings. The van der Waals surface area contributed by atoms with Crippen LogP contribution in [0, 0.1) is 22.8 Å². The number of carbonyl (C=O) groups excluding carboxylic acids is 1. The van der Waals surface area contributed by atoms with Crippen LogP contribution in [-0.4, -0.2) is 37.4 Å². The molecular weight excluding hydrogens is 366 g/mol. The highest BCUT2D eigenvalue weighted by molar-refractivity contribution is 5.68. The summed E-state index contributed by atoms with van der Waals surface area (Å²) < 4.78 is 5.31. The summed E-state index contributed by atoms with van der Waals surface area (Å²) in [4.78, 5) is 15.7. The maximum Gasteiger partial charge on any atom is 0.407 e. The summed E-state index contributed by atoms with van der Waals surface area (Å²) in [6, 6.07) is 9.97. The maximum atomic E-state index is 11.9. The van der Waals surface area contributed by atoms with E-state index in [1.807, 2.05) is 58.9 Å². The first-order chi connectivity index (χ1) is 13.8. The highest BCUT2D eigenvalue weighted by Crippen LogP contribution is 2.24. The van der Waals surface area contributed by atoms with E-state index in [4.69, 9.17) is 10.00 Å². The molecule has 0 spiro atoms. The van der Waals surface area contributed by atoms with Gasteiger partial charge < -0.3 is 15.0 Å². The van der Waals surface area contributed by atoms with Gasteiger partial charge in [-0.2, -0.15) is 10.5 Å². The first-order valence-corrected chi connectivity index (χ1v) is 10.2. The van der Waals surface area contributed by atoms with Gasteiger partial charge in [0.2, 0.25) is 0 Å². The predicted octanol–water partition coefficient (Wildman–Crippen LogP) is 4.41.